The van der Waals surface area contributed by atoms with E-state index in [1.807, 2.05) is 35.9 Å². The molecule has 0 amide bonds. The van der Waals surface area contributed by atoms with Crippen molar-refractivity contribution in [2.45, 2.75) is 31.6 Å². The topological polar surface area (TPSA) is 12.4 Å². The number of thiophene rings is 1. The first-order valence-corrected chi connectivity index (χ1v) is 9.28. The van der Waals surface area contributed by atoms with Gasteiger partial charge in [0.15, 0.2) is 0 Å². The van der Waals surface area contributed by atoms with Gasteiger partial charge in [0.1, 0.15) is 0 Å². The third-order valence-corrected chi connectivity index (χ3v) is 6.04. The Hall–Kier alpha value is -1.64. The summed E-state index contributed by atoms with van der Waals surface area (Å²) in [5, 5.41) is 0.792. The molecule has 1 unspecified atom stereocenters. The van der Waals surface area contributed by atoms with Gasteiger partial charge >= 0.3 is 0 Å². The van der Waals surface area contributed by atoms with Gasteiger partial charge in [-0.05, 0) is 60.6 Å². The summed E-state index contributed by atoms with van der Waals surface area (Å²) in [6.07, 6.45) is 13.1. The van der Waals surface area contributed by atoms with E-state index in [1.165, 1.54) is 39.3 Å². The van der Waals surface area contributed by atoms with Crippen LogP contribution in [0.15, 0.2) is 53.7 Å². The Kier molecular flexibility index (Phi) is 4.19. The highest BCUT2D eigenvalue weighted by atomic mass is 35.5. The maximum Gasteiger partial charge on any atom is 0.0406 e. The molecule has 1 aliphatic carbocycles. The molecule has 4 rings (SSSR count). The number of hydrogen-bond donors (Lipinski definition) is 0. The second-order valence-electron chi connectivity index (χ2n) is 6.02. The van der Waals surface area contributed by atoms with Gasteiger partial charge in [0.2, 0.25) is 0 Å². The Balaban J connectivity index is 1.74. The van der Waals surface area contributed by atoms with Crippen molar-refractivity contribution in [3.05, 3.63) is 74.6 Å². The van der Waals surface area contributed by atoms with E-state index < -0.39 is 0 Å². The van der Waals surface area contributed by atoms with Gasteiger partial charge in [0, 0.05) is 33.1 Å². The first-order chi connectivity index (χ1) is 11.3. The summed E-state index contributed by atoms with van der Waals surface area (Å²) in [6.45, 7) is 0. The lowest BCUT2D eigenvalue weighted by Gasteiger charge is -2.10. The molecule has 2 aromatic rings. The number of halogens is 1. The van der Waals surface area contributed by atoms with Gasteiger partial charge in [-0.15, -0.1) is 11.3 Å². The Labute approximate surface area is 146 Å². The number of allylic oxidation sites excluding steroid dienone is 2. The minimum atomic E-state index is 0.482. The molecule has 1 aromatic heterocycles. The average molecular weight is 340 g/mol. The molecule has 2 aliphatic rings. The molecule has 1 aliphatic heterocycles. The van der Waals surface area contributed by atoms with E-state index in [9.17, 15) is 0 Å². The van der Waals surface area contributed by atoms with Gasteiger partial charge in [-0.2, -0.15) is 0 Å². The lowest BCUT2D eigenvalue weighted by atomic mass is 9.96. The van der Waals surface area contributed by atoms with Crippen LogP contribution in [0.4, 0.5) is 0 Å². The van der Waals surface area contributed by atoms with Crippen molar-refractivity contribution < 1.29 is 0 Å². The molecule has 1 aromatic carbocycles. The van der Waals surface area contributed by atoms with E-state index in [4.69, 9.17) is 11.6 Å². The monoisotopic (exact) mass is 339 g/mol. The third kappa shape index (κ3) is 3.06. The van der Waals surface area contributed by atoms with E-state index >= 15 is 0 Å². The van der Waals surface area contributed by atoms with Crippen molar-refractivity contribution in [3.63, 3.8) is 0 Å². The molecule has 1 atom stereocenters. The third-order valence-electron chi connectivity index (χ3n) is 4.46. The van der Waals surface area contributed by atoms with Crippen LogP contribution in [0.5, 0.6) is 0 Å². The number of aryl methyl sites for hydroxylation is 1. The normalized spacial score (nSPS) is 20.0. The fraction of sp³-hybridized carbons (Fsp3) is 0.250. The van der Waals surface area contributed by atoms with Crippen LogP contribution in [0.3, 0.4) is 0 Å². The lowest BCUT2D eigenvalue weighted by molar-refractivity contribution is 0.863. The Morgan fingerprint density at radius 2 is 2.04 bits per heavy atom. The first-order valence-electron chi connectivity index (χ1n) is 8.08. The Bertz CT molecular complexity index is 796. The fourth-order valence-corrected chi connectivity index (χ4v) is 4.68. The average Bonchev–Trinajstić information content (AvgIpc) is 2.91. The predicted molar refractivity (Wildman–Crippen MR) is 101 cm³/mol. The SMILES string of the molecule is Clc1ccc(C2=CCCCc3sc(C4C=CN=CC4)cc32)cc1. The number of benzene rings is 1. The van der Waals surface area contributed by atoms with Crippen LogP contribution < -0.4 is 0 Å². The van der Waals surface area contributed by atoms with E-state index in [1.54, 1.807) is 0 Å². The highest BCUT2D eigenvalue weighted by Gasteiger charge is 2.20. The maximum atomic E-state index is 6.05. The minimum Gasteiger partial charge on any atom is -0.269 e. The van der Waals surface area contributed by atoms with Crippen LogP contribution in [0, 0.1) is 0 Å². The standard InChI is InChI=1S/C20H18ClNS/c21-16-7-5-14(6-8-16)17-3-1-2-4-19-18(17)13-20(23-19)15-9-11-22-12-10-15/h3,5-9,11-13,15H,1-2,4,10H2. The van der Waals surface area contributed by atoms with Gasteiger partial charge in [-0.1, -0.05) is 35.9 Å². The van der Waals surface area contributed by atoms with Crippen LogP contribution in [-0.4, -0.2) is 6.21 Å². The highest BCUT2D eigenvalue weighted by molar-refractivity contribution is 7.12. The van der Waals surface area contributed by atoms with Crippen LogP contribution in [-0.2, 0) is 6.42 Å². The second kappa shape index (κ2) is 6.46. The van der Waals surface area contributed by atoms with Crippen molar-refractivity contribution in [1.29, 1.82) is 0 Å². The van der Waals surface area contributed by atoms with Crippen molar-refractivity contribution in [1.82, 2.24) is 0 Å². The summed E-state index contributed by atoms with van der Waals surface area (Å²) in [4.78, 5) is 7.18. The van der Waals surface area contributed by atoms with Crippen LogP contribution >= 0.6 is 22.9 Å². The summed E-state index contributed by atoms with van der Waals surface area (Å²) >= 11 is 8.03. The molecule has 0 spiro atoms. The van der Waals surface area contributed by atoms with E-state index in [0.717, 1.165) is 17.9 Å². The van der Waals surface area contributed by atoms with E-state index in [2.05, 4.69) is 35.3 Å². The minimum absolute atomic E-state index is 0.482. The molecule has 0 fully saturated rings. The van der Waals surface area contributed by atoms with Gasteiger partial charge in [0.25, 0.3) is 0 Å². The zero-order valence-corrected chi connectivity index (χ0v) is 14.4. The molecule has 1 nitrogen and oxygen atoms in total. The molecule has 0 radical (unpaired) electrons. The molecule has 23 heavy (non-hydrogen) atoms. The van der Waals surface area contributed by atoms with Gasteiger partial charge in [-0.25, -0.2) is 0 Å². The van der Waals surface area contributed by atoms with Gasteiger partial charge in [-0.3, -0.25) is 4.99 Å². The van der Waals surface area contributed by atoms with E-state index in [-0.39, 0.29) is 0 Å². The molecule has 0 N–H and O–H groups in total. The Morgan fingerprint density at radius 3 is 2.83 bits per heavy atom. The zero-order chi connectivity index (χ0) is 15.6. The summed E-state index contributed by atoms with van der Waals surface area (Å²) < 4.78 is 0. The number of fused-ring (bicyclic) bond motifs is 1. The summed E-state index contributed by atoms with van der Waals surface area (Å²) in [5.74, 6) is 0.482. The molecular formula is C20H18ClNS. The quantitative estimate of drug-likeness (QED) is 0.614. The molecule has 0 saturated heterocycles. The largest absolute Gasteiger partial charge is 0.269 e. The number of hydrogen-bond acceptors (Lipinski definition) is 2. The molecule has 0 saturated carbocycles. The number of nitrogens with zero attached hydrogens (tertiary/aromatic N) is 1. The second-order valence-corrected chi connectivity index (χ2v) is 7.62. The molecular weight excluding hydrogens is 322 g/mol. The molecule has 116 valence electrons. The van der Waals surface area contributed by atoms with Crippen LogP contribution in [0.1, 0.15) is 46.1 Å². The van der Waals surface area contributed by atoms with Crippen LogP contribution in [0.2, 0.25) is 5.02 Å². The predicted octanol–water partition coefficient (Wildman–Crippen LogP) is 6.24. The van der Waals surface area contributed by atoms with Crippen molar-refractivity contribution >= 4 is 34.7 Å². The highest BCUT2D eigenvalue weighted by Crippen LogP contribution is 2.40. The molecule has 3 heteroatoms. The smallest absolute Gasteiger partial charge is 0.0406 e. The zero-order valence-electron chi connectivity index (χ0n) is 12.8. The number of aliphatic imine (C=N–C) groups is 1. The molecule has 2 heterocycles. The van der Waals surface area contributed by atoms with E-state index in [0.29, 0.717) is 5.92 Å². The lowest BCUT2D eigenvalue weighted by Crippen LogP contribution is -1.96. The summed E-state index contributed by atoms with van der Waals surface area (Å²) in [5.41, 5.74) is 4.05. The van der Waals surface area contributed by atoms with Crippen molar-refractivity contribution in [3.8, 4) is 0 Å². The van der Waals surface area contributed by atoms with Crippen LogP contribution in [0.25, 0.3) is 5.57 Å². The Morgan fingerprint density at radius 1 is 1.17 bits per heavy atom. The summed E-state index contributed by atoms with van der Waals surface area (Å²) in [6, 6.07) is 10.6. The van der Waals surface area contributed by atoms with Crippen molar-refractivity contribution in [2.75, 3.05) is 0 Å². The maximum absolute atomic E-state index is 6.05. The fourth-order valence-electron chi connectivity index (χ4n) is 3.25. The van der Waals surface area contributed by atoms with Gasteiger partial charge < -0.3 is 0 Å². The molecule has 0 bridgehead atoms. The summed E-state index contributed by atoms with van der Waals surface area (Å²) in [7, 11) is 0. The number of rotatable bonds is 2. The van der Waals surface area contributed by atoms with Gasteiger partial charge in [0.05, 0.1) is 0 Å². The van der Waals surface area contributed by atoms with Crippen molar-refractivity contribution in [2.24, 2.45) is 4.99 Å². The first kappa shape index (κ1) is 14.9.